The highest BCUT2D eigenvalue weighted by atomic mass is 15.1. The maximum atomic E-state index is 2.60. The molecule has 0 aromatic carbocycles. The van der Waals surface area contributed by atoms with Crippen LogP contribution in [0.3, 0.4) is 0 Å². The zero-order chi connectivity index (χ0) is 24.5. The highest BCUT2D eigenvalue weighted by Gasteiger charge is 2.16. The lowest BCUT2D eigenvalue weighted by Gasteiger charge is -2.07. The van der Waals surface area contributed by atoms with Crippen molar-refractivity contribution in [1.29, 1.82) is 0 Å². The van der Waals surface area contributed by atoms with Crippen LogP contribution in [0, 0.1) is 0 Å². The quantitative estimate of drug-likeness (QED) is 0.0930. The fraction of sp³-hybridized carbons (Fsp3) is 0.906. The van der Waals surface area contributed by atoms with Gasteiger partial charge in [0.05, 0.1) is 13.1 Å². The van der Waals surface area contributed by atoms with E-state index in [0.29, 0.717) is 0 Å². The van der Waals surface area contributed by atoms with Crippen molar-refractivity contribution in [3.63, 3.8) is 0 Å². The van der Waals surface area contributed by atoms with E-state index in [9.17, 15) is 0 Å². The van der Waals surface area contributed by atoms with Gasteiger partial charge in [-0.05, 0) is 32.1 Å². The molecule has 0 saturated heterocycles. The van der Waals surface area contributed by atoms with Crippen LogP contribution in [-0.2, 0) is 19.5 Å². The fourth-order valence-corrected chi connectivity index (χ4v) is 5.26. The Morgan fingerprint density at radius 1 is 0.500 bits per heavy atom. The third kappa shape index (κ3) is 16.8. The summed E-state index contributed by atoms with van der Waals surface area (Å²) in [5, 5.41) is 0. The highest BCUT2D eigenvalue weighted by molar-refractivity contribution is 4.84. The summed E-state index contributed by atoms with van der Waals surface area (Å²) in [5.74, 6) is 1.60. The molecule has 0 bridgehead atoms. The Hall–Kier alpha value is -0.790. The first-order valence-corrected chi connectivity index (χ1v) is 15.9. The molecule has 1 aromatic rings. The van der Waals surface area contributed by atoms with Gasteiger partial charge in [-0.3, -0.25) is 0 Å². The summed E-state index contributed by atoms with van der Waals surface area (Å²) < 4.78 is 5.19. The molecule has 0 fully saturated rings. The number of aromatic nitrogens is 2. The monoisotopic (exact) mass is 475 g/mol. The van der Waals surface area contributed by atoms with E-state index in [-0.39, 0.29) is 0 Å². The van der Waals surface area contributed by atoms with Gasteiger partial charge in [0.2, 0.25) is 0 Å². The molecule has 0 aliphatic heterocycles. The number of hydrogen-bond donors (Lipinski definition) is 0. The Morgan fingerprint density at radius 3 is 1.41 bits per heavy atom. The average molecular weight is 476 g/mol. The van der Waals surface area contributed by atoms with Crippen LogP contribution in [0.5, 0.6) is 0 Å². The normalized spacial score (nSPS) is 11.5. The van der Waals surface area contributed by atoms with E-state index in [1.807, 2.05) is 0 Å². The molecule has 2 heteroatoms. The van der Waals surface area contributed by atoms with Crippen molar-refractivity contribution in [2.45, 2.75) is 188 Å². The molecule has 200 valence electrons. The van der Waals surface area contributed by atoms with E-state index in [2.05, 4.69) is 42.3 Å². The first kappa shape index (κ1) is 31.2. The summed E-state index contributed by atoms with van der Waals surface area (Å²) >= 11 is 0. The van der Waals surface area contributed by atoms with Crippen molar-refractivity contribution in [2.24, 2.45) is 0 Å². The summed E-state index contributed by atoms with van der Waals surface area (Å²) in [6.07, 6.45) is 38.5. The van der Waals surface area contributed by atoms with E-state index in [4.69, 9.17) is 0 Å². The predicted octanol–water partition coefficient (Wildman–Crippen LogP) is 10.4. The minimum atomic E-state index is 1.22. The Kier molecular flexibility index (Phi) is 22.0. The third-order valence-electron chi connectivity index (χ3n) is 7.60. The number of rotatable bonds is 26. The van der Waals surface area contributed by atoms with Crippen molar-refractivity contribution >= 4 is 0 Å². The molecule has 0 N–H and O–H groups in total. The van der Waals surface area contributed by atoms with Gasteiger partial charge in [0.25, 0.3) is 5.82 Å². The van der Waals surface area contributed by atoms with Gasteiger partial charge in [-0.2, -0.15) is 0 Å². The first-order chi connectivity index (χ1) is 16.8. The predicted molar refractivity (Wildman–Crippen MR) is 152 cm³/mol. The second-order valence-electron chi connectivity index (χ2n) is 10.9. The number of unbranched alkanes of at least 4 members (excludes halogenated alkanes) is 20. The van der Waals surface area contributed by atoms with Gasteiger partial charge in [0.15, 0.2) is 0 Å². The van der Waals surface area contributed by atoms with Crippen LogP contribution in [-0.4, -0.2) is 4.57 Å². The molecule has 0 atom stereocenters. The summed E-state index contributed by atoms with van der Waals surface area (Å²) in [5.41, 5.74) is 0. The maximum absolute atomic E-state index is 2.60. The molecule has 1 aromatic heterocycles. The summed E-state index contributed by atoms with van der Waals surface area (Å²) in [7, 11) is 0. The van der Waals surface area contributed by atoms with Crippen molar-refractivity contribution in [3.8, 4) is 0 Å². The molecule has 1 rings (SSSR count). The molecule has 0 spiro atoms. The smallest absolute Gasteiger partial charge is 0.234 e. The topological polar surface area (TPSA) is 8.81 Å². The maximum Gasteiger partial charge on any atom is 0.256 e. The lowest BCUT2D eigenvalue weighted by molar-refractivity contribution is -0.704. The number of hydrogen-bond acceptors (Lipinski definition) is 0. The molecular formula is C32H63N2+. The fourth-order valence-electron chi connectivity index (χ4n) is 5.26. The molecule has 0 amide bonds. The van der Waals surface area contributed by atoms with Gasteiger partial charge >= 0.3 is 0 Å². The molecule has 0 saturated carbocycles. The lowest BCUT2D eigenvalue weighted by atomic mass is 10.0. The summed E-state index contributed by atoms with van der Waals surface area (Å²) in [6.45, 7) is 9.37. The Balaban J connectivity index is 2.24. The second kappa shape index (κ2) is 23.9. The average Bonchev–Trinajstić information content (AvgIpc) is 3.23. The van der Waals surface area contributed by atoms with Gasteiger partial charge < -0.3 is 0 Å². The van der Waals surface area contributed by atoms with Crippen molar-refractivity contribution < 1.29 is 4.57 Å². The minimum absolute atomic E-state index is 1.22. The van der Waals surface area contributed by atoms with Crippen molar-refractivity contribution in [1.82, 2.24) is 4.57 Å². The molecule has 34 heavy (non-hydrogen) atoms. The minimum Gasteiger partial charge on any atom is -0.234 e. The largest absolute Gasteiger partial charge is 0.256 e. The van der Waals surface area contributed by atoms with E-state index in [1.165, 1.54) is 167 Å². The van der Waals surface area contributed by atoms with Crippen LogP contribution in [0.15, 0.2) is 12.4 Å². The van der Waals surface area contributed by atoms with Crippen LogP contribution in [0.25, 0.3) is 0 Å². The zero-order valence-corrected chi connectivity index (χ0v) is 23.9. The Bertz CT molecular complexity index is 533. The third-order valence-corrected chi connectivity index (χ3v) is 7.60. The van der Waals surface area contributed by atoms with Gasteiger partial charge in [-0.1, -0.05) is 136 Å². The summed E-state index contributed by atoms with van der Waals surface area (Å²) in [6, 6.07) is 0. The van der Waals surface area contributed by atoms with E-state index in [1.54, 1.807) is 5.82 Å². The molecule has 0 aliphatic rings. The molecule has 0 radical (unpaired) electrons. The van der Waals surface area contributed by atoms with Crippen LogP contribution in [0.2, 0.25) is 0 Å². The Labute approximate surface area is 215 Å². The number of aryl methyl sites for hydroxylation is 2. The van der Waals surface area contributed by atoms with E-state index >= 15 is 0 Å². The second-order valence-corrected chi connectivity index (χ2v) is 10.9. The van der Waals surface area contributed by atoms with E-state index < -0.39 is 0 Å². The van der Waals surface area contributed by atoms with Crippen molar-refractivity contribution in [3.05, 3.63) is 18.2 Å². The molecule has 2 nitrogen and oxygen atoms in total. The van der Waals surface area contributed by atoms with Gasteiger partial charge in [0.1, 0.15) is 12.4 Å². The molecular weight excluding hydrogens is 412 g/mol. The van der Waals surface area contributed by atoms with E-state index in [0.717, 1.165) is 0 Å². The Morgan fingerprint density at radius 2 is 0.912 bits per heavy atom. The number of nitrogens with zero attached hydrogens (tertiary/aromatic N) is 2. The first-order valence-electron chi connectivity index (χ1n) is 15.9. The van der Waals surface area contributed by atoms with Crippen LogP contribution >= 0.6 is 0 Å². The number of imidazole rings is 1. The van der Waals surface area contributed by atoms with Crippen LogP contribution < -0.4 is 4.57 Å². The van der Waals surface area contributed by atoms with Gasteiger partial charge in [-0.25, -0.2) is 9.13 Å². The molecule has 1 heterocycles. The van der Waals surface area contributed by atoms with Crippen molar-refractivity contribution in [2.75, 3.05) is 0 Å². The van der Waals surface area contributed by atoms with Crippen LogP contribution in [0.4, 0.5) is 0 Å². The highest BCUT2D eigenvalue weighted by Crippen LogP contribution is 2.14. The molecule has 0 aliphatic carbocycles. The summed E-state index contributed by atoms with van der Waals surface area (Å²) in [4.78, 5) is 0. The zero-order valence-electron chi connectivity index (χ0n) is 23.9. The van der Waals surface area contributed by atoms with Crippen LogP contribution in [0.1, 0.15) is 174 Å². The standard InChI is InChI=1S/C32H63N2/c1-4-7-10-13-15-16-17-18-19-20-21-22-24-27-32-33(28-25-12-9-6-3)30-31-34(32)29-26-23-14-11-8-5-2/h30-31H,4-29H2,1-3H3/q+1. The SMILES string of the molecule is CCCCCCCCCCCCCCCc1n(CCCCCCCC)cc[n+]1CCCCCC. The lowest BCUT2D eigenvalue weighted by Crippen LogP contribution is -2.37. The van der Waals surface area contributed by atoms with Gasteiger partial charge in [0, 0.05) is 6.42 Å². The molecule has 0 unspecified atom stereocenters. The van der Waals surface area contributed by atoms with Gasteiger partial charge in [-0.15, -0.1) is 0 Å².